The molecule has 0 bridgehead atoms. The molecule has 0 radical (unpaired) electrons. The van der Waals surface area contributed by atoms with Crippen LogP contribution in [0.4, 0.5) is 0 Å². The molecule has 3 nitrogen and oxygen atoms in total. The van der Waals surface area contributed by atoms with Crippen LogP contribution in [0.3, 0.4) is 0 Å². The van der Waals surface area contributed by atoms with Crippen LogP contribution in [0.2, 0.25) is 0 Å². The van der Waals surface area contributed by atoms with Gasteiger partial charge in [0.1, 0.15) is 5.75 Å². The summed E-state index contributed by atoms with van der Waals surface area (Å²) in [6.45, 7) is 2.73. The van der Waals surface area contributed by atoms with Crippen molar-refractivity contribution >= 4 is 5.84 Å². The molecule has 1 aromatic rings. The van der Waals surface area contributed by atoms with E-state index in [4.69, 9.17) is 10.1 Å². The van der Waals surface area contributed by atoms with Crippen molar-refractivity contribution in [1.82, 2.24) is 4.90 Å². The molecule has 1 fully saturated rings. The van der Waals surface area contributed by atoms with Crippen molar-refractivity contribution in [3.05, 3.63) is 30.3 Å². The van der Waals surface area contributed by atoms with E-state index in [1.54, 1.807) is 0 Å². The third kappa shape index (κ3) is 2.99. The van der Waals surface area contributed by atoms with Gasteiger partial charge in [0, 0.05) is 19.5 Å². The van der Waals surface area contributed by atoms with Gasteiger partial charge in [-0.2, -0.15) is 0 Å². The quantitative estimate of drug-likeness (QED) is 0.771. The third-order valence-electron chi connectivity index (χ3n) is 2.81. The standard InChI is InChI=1S/C13H18N2O/c14-13-8-4-9-15(13)10-5-11-16-12-6-2-1-3-7-12/h1-3,6-7,14H,4-5,8-11H2. The van der Waals surface area contributed by atoms with Gasteiger partial charge in [0.15, 0.2) is 0 Å². The molecular formula is C13H18N2O. The molecule has 0 unspecified atom stereocenters. The molecule has 0 atom stereocenters. The Morgan fingerprint density at radius 1 is 1.25 bits per heavy atom. The summed E-state index contributed by atoms with van der Waals surface area (Å²) in [6.07, 6.45) is 3.06. The zero-order valence-corrected chi connectivity index (χ0v) is 9.48. The minimum Gasteiger partial charge on any atom is -0.494 e. The maximum Gasteiger partial charge on any atom is 0.119 e. The lowest BCUT2D eigenvalue weighted by Crippen LogP contribution is -2.26. The van der Waals surface area contributed by atoms with Crippen LogP contribution in [0, 0.1) is 5.41 Å². The van der Waals surface area contributed by atoms with Gasteiger partial charge in [-0.15, -0.1) is 0 Å². The number of likely N-dealkylation sites (tertiary alicyclic amines) is 1. The molecule has 3 heteroatoms. The molecule has 1 aliphatic rings. The second kappa shape index (κ2) is 5.54. The molecule has 16 heavy (non-hydrogen) atoms. The third-order valence-corrected chi connectivity index (χ3v) is 2.81. The Morgan fingerprint density at radius 2 is 2.06 bits per heavy atom. The van der Waals surface area contributed by atoms with Crippen molar-refractivity contribution in [2.75, 3.05) is 19.7 Å². The van der Waals surface area contributed by atoms with Crippen molar-refractivity contribution in [3.8, 4) is 5.75 Å². The average Bonchev–Trinajstić information content (AvgIpc) is 2.72. The predicted molar refractivity (Wildman–Crippen MR) is 65.1 cm³/mol. The number of rotatable bonds is 5. The molecule has 0 spiro atoms. The molecule has 86 valence electrons. The highest BCUT2D eigenvalue weighted by Gasteiger charge is 2.15. The van der Waals surface area contributed by atoms with E-state index in [1.807, 2.05) is 30.3 Å². The van der Waals surface area contributed by atoms with Gasteiger partial charge in [0.25, 0.3) is 0 Å². The first-order valence-corrected chi connectivity index (χ1v) is 5.86. The zero-order valence-electron chi connectivity index (χ0n) is 9.48. The van der Waals surface area contributed by atoms with E-state index >= 15 is 0 Å². The van der Waals surface area contributed by atoms with E-state index in [1.165, 1.54) is 0 Å². The Balaban J connectivity index is 1.64. The summed E-state index contributed by atoms with van der Waals surface area (Å²) in [5.41, 5.74) is 0. The van der Waals surface area contributed by atoms with Crippen molar-refractivity contribution < 1.29 is 4.74 Å². The largest absolute Gasteiger partial charge is 0.494 e. The van der Waals surface area contributed by atoms with E-state index in [-0.39, 0.29) is 0 Å². The van der Waals surface area contributed by atoms with Crippen LogP contribution >= 0.6 is 0 Å². The molecular weight excluding hydrogens is 200 g/mol. The van der Waals surface area contributed by atoms with Crippen molar-refractivity contribution in [1.29, 1.82) is 5.41 Å². The topological polar surface area (TPSA) is 36.3 Å². The van der Waals surface area contributed by atoms with Gasteiger partial charge in [-0.05, 0) is 25.0 Å². The molecule has 1 aliphatic heterocycles. The smallest absolute Gasteiger partial charge is 0.119 e. The number of ether oxygens (including phenoxy) is 1. The lowest BCUT2D eigenvalue weighted by atomic mass is 10.3. The number of nitrogens with one attached hydrogen (secondary N) is 1. The maximum absolute atomic E-state index is 7.69. The number of hydrogen-bond donors (Lipinski definition) is 1. The number of para-hydroxylation sites is 1. The Hall–Kier alpha value is -1.51. The van der Waals surface area contributed by atoms with E-state index in [2.05, 4.69) is 4.90 Å². The van der Waals surface area contributed by atoms with Crippen molar-refractivity contribution in [3.63, 3.8) is 0 Å². The van der Waals surface area contributed by atoms with Crippen LogP contribution in [0.1, 0.15) is 19.3 Å². The van der Waals surface area contributed by atoms with E-state index in [9.17, 15) is 0 Å². The number of nitrogens with zero attached hydrogens (tertiary/aromatic N) is 1. The minimum absolute atomic E-state index is 0.730. The molecule has 1 heterocycles. The molecule has 0 aromatic heterocycles. The monoisotopic (exact) mass is 218 g/mol. The Bertz CT molecular complexity index is 337. The highest BCUT2D eigenvalue weighted by Crippen LogP contribution is 2.11. The molecule has 1 aromatic carbocycles. The van der Waals surface area contributed by atoms with Crippen molar-refractivity contribution in [2.45, 2.75) is 19.3 Å². The van der Waals surface area contributed by atoms with Crippen LogP contribution in [0.15, 0.2) is 30.3 Å². The lowest BCUT2D eigenvalue weighted by molar-refractivity contribution is 0.290. The number of benzene rings is 1. The number of amidine groups is 1. The van der Waals surface area contributed by atoms with Crippen LogP contribution in [0.25, 0.3) is 0 Å². The van der Waals surface area contributed by atoms with Crippen LogP contribution in [-0.4, -0.2) is 30.4 Å². The fraction of sp³-hybridized carbons (Fsp3) is 0.462. The predicted octanol–water partition coefficient (Wildman–Crippen LogP) is 2.53. The van der Waals surface area contributed by atoms with Gasteiger partial charge in [-0.25, -0.2) is 0 Å². The zero-order chi connectivity index (χ0) is 11.2. The van der Waals surface area contributed by atoms with Crippen LogP contribution in [0.5, 0.6) is 5.75 Å². The first-order valence-electron chi connectivity index (χ1n) is 5.86. The minimum atomic E-state index is 0.730. The van der Waals surface area contributed by atoms with E-state index in [0.29, 0.717) is 0 Å². The van der Waals surface area contributed by atoms with Gasteiger partial charge >= 0.3 is 0 Å². The fourth-order valence-electron chi connectivity index (χ4n) is 1.94. The van der Waals surface area contributed by atoms with Gasteiger partial charge < -0.3 is 9.64 Å². The average molecular weight is 218 g/mol. The van der Waals surface area contributed by atoms with E-state index in [0.717, 1.165) is 50.5 Å². The van der Waals surface area contributed by atoms with Gasteiger partial charge in [-0.1, -0.05) is 18.2 Å². The Labute approximate surface area is 96.5 Å². The van der Waals surface area contributed by atoms with Gasteiger partial charge in [-0.3, -0.25) is 5.41 Å². The summed E-state index contributed by atoms with van der Waals surface area (Å²) in [4.78, 5) is 2.15. The molecule has 2 rings (SSSR count). The normalized spacial score (nSPS) is 15.5. The Morgan fingerprint density at radius 3 is 2.75 bits per heavy atom. The van der Waals surface area contributed by atoms with Crippen LogP contribution in [-0.2, 0) is 0 Å². The van der Waals surface area contributed by atoms with Gasteiger partial charge in [0.05, 0.1) is 12.4 Å². The highest BCUT2D eigenvalue weighted by atomic mass is 16.5. The summed E-state index contributed by atoms with van der Waals surface area (Å²) in [6, 6.07) is 9.88. The molecule has 0 aliphatic carbocycles. The van der Waals surface area contributed by atoms with E-state index < -0.39 is 0 Å². The second-order valence-corrected chi connectivity index (χ2v) is 4.05. The summed E-state index contributed by atoms with van der Waals surface area (Å²) < 4.78 is 5.60. The maximum atomic E-state index is 7.69. The molecule has 1 saturated heterocycles. The first kappa shape index (κ1) is 11.0. The highest BCUT2D eigenvalue weighted by molar-refractivity contribution is 5.80. The fourth-order valence-corrected chi connectivity index (χ4v) is 1.94. The van der Waals surface area contributed by atoms with Gasteiger partial charge in [0.2, 0.25) is 0 Å². The second-order valence-electron chi connectivity index (χ2n) is 4.05. The Kier molecular flexibility index (Phi) is 3.81. The SMILES string of the molecule is N=C1CCCN1CCCOc1ccccc1. The first-order chi connectivity index (χ1) is 7.86. The summed E-state index contributed by atoms with van der Waals surface area (Å²) >= 11 is 0. The molecule has 1 N–H and O–H groups in total. The molecule has 0 saturated carbocycles. The summed E-state index contributed by atoms with van der Waals surface area (Å²) in [5, 5.41) is 7.69. The summed E-state index contributed by atoms with van der Waals surface area (Å²) in [7, 11) is 0. The molecule has 0 amide bonds. The van der Waals surface area contributed by atoms with Crippen molar-refractivity contribution in [2.24, 2.45) is 0 Å². The lowest BCUT2D eigenvalue weighted by Gasteiger charge is -2.17. The van der Waals surface area contributed by atoms with Crippen LogP contribution < -0.4 is 4.74 Å². The number of hydrogen-bond acceptors (Lipinski definition) is 2. The summed E-state index contributed by atoms with van der Waals surface area (Å²) in [5.74, 6) is 1.72.